The van der Waals surface area contributed by atoms with Gasteiger partial charge in [0.15, 0.2) is 11.5 Å². The van der Waals surface area contributed by atoms with E-state index >= 15 is 0 Å². The molecule has 2 aromatic rings. The minimum absolute atomic E-state index is 0.0633. The molecule has 0 radical (unpaired) electrons. The summed E-state index contributed by atoms with van der Waals surface area (Å²) in [7, 11) is 0. The second-order valence-electron chi connectivity index (χ2n) is 5.10. The molecule has 0 bridgehead atoms. The van der Waals surface area contributed by atoms with Crippen molar-refractivity contribution in [3.8, 4) is 17.6 Å². The number of Topliss-reactive ketones (excluding diaryl/α,β-unsaturated/α-hetero) is 1. The maximum atomic E-state index is 12.4. The summed E-state index contributed by atoms with van der Waals surface area (Å²) in [6.07, 6.45) is 3.20. The number of carbonyl (C=O) groups excluding carboxylic acids is 1. The van der Waals surface area contributed by atoms with E-state index in [2.05, 4.69) is 6.58 Å². The Hall–Kier alpha value is -3.32. The largest absolute Gasteiger partial charge is 0.490 e. The van der Waals surface area contributed by atoms with Gasteiger partial charge in [0.05, 0.1) is 6.61 Å². The molecule has 25 heavy (non-hydrogen) atoms. The van der Waals surface area contributed by atoms with Crippen LogP contribution in [0.1, 0.15) is 22.8 Å². The van der Waals surface area contributed by atoms with Crippen molar-refractivity contribution in [1.82, 2.24) is 0 Å². The molecular weight excluding hydrogens is 314 g/mol. The van der Waals surface area contributed by atoms with Crippen molar-refractivity contribution in [2.24, 2.45) is 0 Å². The van der Waals surface area contributed by atoms with Gasteiger partial charge in [-0.2, -0.15) is 5.26 Å². The fourth-order valence-electron chi connectivity index (χ4n) is 2.21. The van der Waals surface area contributed by atoms with Crippen molar-refractivity contribution in [1.29, 1.82) is 5.26 Å². The molecule has 0 heterocycles. The van der Waals surface area contributed by atoms with E-state index in [9.17, 15) is 10.1 Å². The van der Waals surface area contributed by atoms with Crippen molar-refractivity contribution >= 4 is 11.9 Å². The summed E-state index contributed by atoms with van der Waals surface area (Å²) >= 11 is 0. The summed E-state index contributed by atoms with van der Waals surface area (Å²) in [5.41, 5.74) is 1.23. The second-order valence-corrected chi connectivity index (χ2v) is 5.10. The molecule has 126 valence electrons. The van der Waals surface area contributed by atoms with Crippen LogP contribution in [-0.2, 0) is 0 Å². The first-order chi connectivity index (χ1) is 12.2. The van der Waals surface area contributed by atoms with Crippen LogP contribution in [0.15, 0.2) is 66.8 Å². The average molecular weight is 333 g/mol. The van der Waals surface area contributed by atoms with Gasteiger partial charge in [0, 0.05) is 5.56 Å². The highest BCUT2D eigenvalue weighted by Crippen LogP contribution is 2.29. The van der Waals surface area contributed by atoms with Crippen LogP contribution in [-0.4, -0.2) is 19.0 Å². The molecule has 0 amide bonds. The Morgan fingerprint density at radius 1 is 1.16 bits per heavy atom. The quantitative estimate of drug-likeness (QED) is 0.310. The van der Waals surface area contributed by atoms with Crippen LogP contribution < -0.4 is 9.47 Å². The maximum Gasteiger partial charge on any atom is 0.203 e. The van der Waals surface area contributed by atoms with Gasteiger partial charge in [0.2, 0.25) is 5.78 Å². The van der Waals surface area contributed by atoms with Crippen LogP contribution in [0.4, 0.5) is 0 Å². The zero-order valence-corrected chi connectivity index (χ0v) is 14.1. The van der Waals surface area contributed by atoms with E-state index in [-0.39, 0.29) is 11.4 Å². The molecule has 4 nitrogen and oxygen atoms in total. The molecule has 0 atom stereocenters. The van der Waals surface area contributed by atoms with E-state index in [1.165, 1.54) is 0 Å². The molecule has 0 aliphatic rings. The maximum absolute atomic E-state index is 12.4. The minimum atomic E-state index is -0.312. The molecule has 0 aromatic heterocycles. The summed E-state index contributed by atoms with van der Waals surface area (Å²) in [6.45, 7) is 6.34. The molecular formula is C21H19NO3. The number of nitriles is 1. The Morgan fingerprint density at radius 2 is 1.92 bits per heavy atom. The summed E-state index contributed by atoms with van der Waals surface area (Å²) in [5.74, 6) is 0.836. The van der Waals surface area contributed by atoms with Gasteiger partial charge in [0.25, 0.3) is 0 Å². The molecule has 0 unspecified atom stereocenters. The van der Waals surface area contributed by atoms with Gasteiger partial charge in [-0.25, -0.2) is 0 Å². The van der Waals surface area contributed by atoms with E-state index < -0.39 is 0 Å². The molecule has 0 aliphatic carbocycles. The fraction of sp³-hybridized carbons (Fsp3) is 0.143. The number of allylic oxidation sites excluding steroid dienone is 1. The lowest BCUT2D eigenvalue weighted by molar-refractivity contribution is 0.104. The first-order valence-corrected chi connectivity index (χ1v) is 7.91. The standard InChI is InChI=1S/C21H19NO3/c1-3-12-25-19-11-10-16(14-20(19)24-4-2)13-18(15-22)21(23)17-8-6-5-7-9-17/h3,5-11,13-14H,1,4,12H2,2H3. The van der Waals surface area contributed by atoms with Crippen LogP contribution in [0.2, 0.25) is 0 Å². The van der Waals surface area contributed by atoms with Crippen molar-refractivity contribution in [2.75, 3.05) is 13.2 Å². The van der Waals surface area contributed by atoms with Gasteiger partial charge in [-0.15, -0.1) is 0 Å². The number of benzene rings is 2. The van der Waals surface area contributed by atoms with E-state index in [0.29, 0.717) is 35.8 Å². The molecule has 4 heteroatoms. The zero-order chi connectivity index (χ0) is 18.1. The van der Waals surface area contributed by atoms with Gasteiger partial charge in [-0.05, 0) is 30.7 Å². The topological polar surface area (TPSA) is 59.3 Å². The van der Waals surface area contributed by atoms with Crippen LogP contribution in [0.5, 0.6) is 11.5 Å². The Kier molecular flexibility index (Phi) is 6.56. The first-order valence-electron chi connectivity index (χ1n) is 7.91. The number of ketones is 1. The number of ether oxygens (including phenoxy) is 2. The molecule has 2 aromatic carbocycles. The van der Waals surface area contributed by atoms with Crippen LogP contribution in [0, 0.1) is 11.3 Å². The van der Waals surface area contributed by atoms with Crippen molar-refractivity contribution < 1.29 is 14.3 Å². The molecule has 0 saturated carbocycles. The van der Waals surface area contributed by atoms with Crippen LogP contribution >= 0.6 is 0 Å². The Balaban J connectivity index is 2.34. The Labute approximate surface area is 147 Å². The summed E-state index contributed by atoms with van der Waals surface area (Å²) in [6, 6.07) is 16.0. The molecule has 0 aliphatic heterocycles. The third-order valence-electron chi connectivity index (χ3n) is 3.34. The van der Waals surface area contributed by atoms with Crippen molar-refractivity contribution in [3.63, 3.8) is 0 Å². The highest BCUT2D eigenvalue weighted by molar-refractivity contribution is 6.14. The fourth-order valence-corrected chi connectivity index (χ4v) is 2.21. The summed E-state index contributed by atoms with van der Waals surface area (Å²) < 4.78 is 11.1. The predicted molar refractivity (Wildman–Crippen MR) is 97.7 cm³/mol. The molecule has 0 spiro atoms. The monoisotopic (exact) mass is 333 g/mol. The summed E-state index contributed by atoms with van der Waals surface area (Å²) in [4.78, 5) is 12.4. The lowest BCUT2D eigenvalue weighted by Gasteiger charge is -2.11. The molecule has 0 N–H and O–H groups in total. The third-order valence-corrected chi connectivity index (χ3v) is 3.34. The first kappa shape index (κ1) is 18.0. The smallest absolute Gasteiger partial charge is 0.203 e. The lowest BCUT2D eigenvalue weighted by atomic mass is 10.0. The minimum Gasteiger partial charge on any atom is -0.490 e. The number of hydrogen-bond acceptors (Lipinski definition) is 4. The second kappa shape index (κ2) is 9.09. The molecule has 0 fully saturated rings. The predicted octanol–water partition coefficient (Wildman–Crippen LogP) is 4.44. The summed E-state index contributed by atoms with van der Waals surface area (Å²) in [5, 5.41) is 9.36. The zero-order valence-electron chi connectivity index (χ0n) is 14.1. The third kappa shape index (κ3) is 4.82. The van der Waals surface area contributed by atoms with E-state index in [1.807, 2.05) is 19.1 Å². The molecule has 2 rings (SSSR count). The highest BCUT2D eigenvalue weighted by Gasteiger charge is 2.12. The number of rotatable bonds is 8. The number of nitrogens with zero attached hydrogens (tertiary/aromatic N) is 1. The number of hydrogen-bond donors (Lipinski definition) is 0. The van der Waals surface area contributed by atoms with Gasteiger partial charge < -0.3 is 9.47 Å². The Bertz CT molecular complexity index is 817. The highest BCUT2D eigenvalue weighted by atomic mass is 16.5. The van der Waals surface area contributed by atoms with Crippen molar-refractivity contribution in [3.05, 3.63) is 77.9 Å². The van der Waals surface area contributed by atoms with E-state index in [4.69, 9.17) is 9.47 Å². The molecule has 0 saturated heterocycles. The average Bonchev–Trinajstić information content (AvgIpc) is 2.66. The van der Waals surface area contributed by atoms with Crippen LogP contribution in [0.3, 0.4) is 0 Å². The van der Waals surface area contributed by atoms with Gasteiger partial charge >= 0.3 is 0 Å². The van der Waals surface area contributed by atoms with E-state index in [0.717, 1.165) is 0 Å². The lowest BCUT2D eigenvalue weighted by Crippen LogP contribution is -2.02. The van der Waals surface area contributed by atoms with Gasteiger partial charge in [-0.3, -0.25) is 4.79 Å². The van der Waals surface area contributed by atoms with Gasteiger partial charge in [-0.1, -0.05) is 49.1 Å². The number of carbonyl (C=O) groups is 1. The normalized spacial score (nSPS) is 10.6. The SMILES string of the molecule is C=CCOc1ccc(C=C(C#N)C(=O)c2ccccc2)cc1OCC. The van der Waals surface area contributed by atoms with Gasteiger partial charge in [0.1, 0.15) is 18.2 Å². The van der Waals surface area contributed by atoms with Crippen LogP contribution in [0.25, 0.3) is 6.08 Å². The Morgan fingerprint density at radius 3 is 2.56 bits per heavy atom. The van der Waals surface area contributed by atoms with Crippen molar-refractivity contribution in [2.45, 2.75) is 6.92 Å². The van der Waals surface area contributed by atoms with E-state index in [1.54, 1.807) is 54.6 Å².